The first-order valence-electron chi connectivity index (χ1n) is 8.30. The standard InChI is InChI=1S/C18H25N3O2/c1-12-6-7-15(9-13(12)2)17(22)11-21-8-4-5-16(10-21)18-19-14(3)20-23-18/h6-7,9,16-17,22H,4-5,8,10-11H2,1-3H3/t16-,17+/m0/s1. The Balaban J connectivity index is 1.63. The second-order valence-electron chi connectivity index (χ2n) is 6.64. The molecular formula is C18H25N3O2. The minimum Gasteiger partial charge on any atom is -0.387 e. The van der Waals surface area contributed by atoms with E-state index in [1.54, 1.807) is 0 Å². The Labute approximate surface area is 137 Å². The molecule has 1 N–H and O–H groups in total. The van der Waals surface area contributed by atoms with Gasteiger partial charge in [-0.1, -0.05) is 23.4 Å². The van der Waals surface area contributed by atoms with Crippen molar-refractivity contribution in [2.45, 2.75) is 45.6 Å². The first kappa shape index (κ1) is 16.1. The quantitative estimate of drug-likeness (QED) is 0.940. The van der Waals surface area contributed by atoms with Crippen molar-refractivity contribution in [2.75, 3.05) is 19.6 Å². The van der Waals surface area contributed by atoms with Gasteiger partial charge < -0.3 is 9.63 Å². The normalized spacial score (nSPS) is 20.6. The lowest BCUT2D eigenvalue weighted by molar-refractivity contribution is 0.0910. The molecule has 2 atom stereocenters. The summed E-state index contributed by atoms with van der Waals surface area (Å²) in [5, 5.41) is 14.4. The van der Waals surface area contributed by atoms with Crippen LogP contribution in [0.5, 0.6) is 0 Å². The van der Waals surface area contributed by atoms with E-state index in [1.807, 2.05) is 13.0 Å². The molecule has 23 heavy (non-hydrogen) atoms. The number of nitrogens with zero attached hydrogens (tertiary/aromatic N) is 3. The predicted molar refractivity (Wildman–Crippen MR) is 88.3 cm³/mol. The zero-order valence-electron chi connectivity index (χ0n) is 14.1. The van der Waals surface area contributed by atoms with E-state index in [9.17, 15) is 5.11 Å². The molecular weight excluding hydrogens is 290 g/mol. The number of hydrogen-bond acceptors (Lipinski definition) is 5. The Hall–Kier alpha value is -1.72. The van der Waals surface area contributed by atoms with Crippen LogP contribution in [0.3, 0.4) is 0 Å². The van der Waals surface area contributed by atoms with Crippen LogP contribution in [-0.2, 0) is 0 Å². The fourth-order valence-electron chi connectivity index (χ4n) is 3.22. The molecule has 1 aliphatic rings. The first-order chi connectivity index (χ1) is 11.0. The van der Waals surface area contributed by atoms with Crippen molar-refractivity contribution in [1.82, 2.24) is 15.0 Å². The Morgan fingerprint density at radius 2 is 2.13 bits per heavy atom. The lowest BCUT2D eigenvalue weighted by atomic mass is 9.96. The van der Waals surface area contributed by atoms with E-state index in [4.69, 9.17) is 4.52 Å². The van der Waals surface area contributed by atoms with Crippen molar-refractivity contribution >= 4 is 0 Å². The van der Waals surface area contributed by atoms with Crippen LogP contribution in [0.4, 0.5) is 0 Å². The molecule has 5 heteroatoms. The number of aliphatic hydroxyl groups is 1. The van der Waals surface area contributed by atoms with Crippen LogP contribution in [-0.4, -0.2) is 39.8 Å². The minimum absolute atomic E-state index is 0.275. The topological polar surface area (TPSA) is 62.4 Å². The number of likely N-dealkylation sites (tertiary alicyclic amines) is 1. The summed E-state index contributed by atoms with van der Waals surface area (Å²) in [4.78, 5) is 6.66. The highest BCUT2D eigenvalue weighted by molar-refractivity contribution is 5.31. The number of aryl methyl sites for hydroxylation is 3. The largest absolute Gasteiger partial charge is 0.387 e. The molecule has 2 heterocycles. The van der Waals surface area contributed by atoms with Crippen LogP contribution < -0.4 is 0 Å². The van der Waals surface area contributed by atoms with Gasteiger partial charge in [0.05, 0.1) is 12.0 Å². The monoisotopic (exact) mass is 315 g/mol. The minimum atomic E-state index is -0.461. The maximum absolute atomic E-state index is 10.6. The van der Waals surface area contributed by atoms with Gasteiger partial charge in [0, 0.05) is 13.1 Å². The van der Waals surface area contributed by atoms with E-state index >= 15 is 0 Å². The molecule has 1 aliphatic heterocycles. The number of aromatic nitrogens is 2. The number of rotatable bonds is 4. The summed E-state index contributed by atoms with van der Waals surface area (Å²) >= 11 is 0. The van der Waals surface area contributed by atoms with Crippen LogP contribution in [0.25, 0.3) is 0 Å². The number of hydrogen-bond donors (Lipinski definition) is 1. The second-order valence-corrected chi connectivity index (χ2v) is 6.64. The Morgan fingerprint density at radius 1 is 1.30 bits per heavy atom. The Kier molecular flexibility index (Phi) is 4.78. The molecule has 1 fully saturated rings. The van der Waals surface area contributed by atoms with Gasteiger partial charge in [-0.2, -0.15) is 4.98 Å². The van der Waals surface area contributed by atoms with Gasteiger partial charge in [0.2, 0.25) is 5.89 Å². The van der Waals surface area contributed by atoms with Crippen molar-refractivity contribution in [3.8, 4) is 0 Å². The maximum Gasteiger partial charge on any atom is 0.231 e. The molecule has 2 aromatic rings. The van der Waals surface area contributed by atoms with E-state index in [0.29, 0.717) is 12.4 Å². The molecule has 0 saturated carbocycles. The zero-order chi connectivity index (χ0) is 16.4. The Morgan fingerprint density at radius 3 is 2.83 bits per heavy atom. The summed E-state index contributed by atoms with van der Waals surface area (Å²) in [5.74, 6) is 1.69. The molecule has 1 aromatic heterocycles. The van der Waals surface area contributed by atoms with Gasteiger partial charge in [-0.25, -0.2) is 0 Å². The number of benzene rings is 1. The van der Waals surface area contributed by atoms with Gasteiger partial charge in [0.15, 0.2) is 5.82 Å². The molecule has 0 bridgehead atoms. The van der Waals surface area contributed by atoms with E-state index in [2.05, 4.69) is 41.0 Å². The highest BCUT2D eigenvalue weighted by atomic mass is 16.5. The number of β-amino-alcohol motifs (C(OH)–C–C–N with tert-alkyl or cyclic N) is 1. The van der Waals surface area contributed by atoms with Crippen molar-refractivity contribution in [2.24, 2.45) is 0 Å². The van der Waals surface area contributed by atoms with E-state index < -0.39 is 6.10 Å². The van der Waals surface area contributed by atoms with Crippen molar-refractivity contribution in [3.05, 3.63) is 46.6 Å². The third-order valence-corrected chi connectivity index (χ3v) is 4.74. The van der Waals surface area contributed by atoms with Crippen LogP contribution in [0.2, 0.25) is 0 Å². The molecule has 1 aromatic carbocycles. The third-order valence-electron chi connectivity index (χ3n) is 4.74. The molecule has 1 saturated heterocycles. The fourth-order valence-corrected chi connectivity index (χ4v) is 3.22. The summed E-state index contributed by atoms with van der Waals surface area (Å²) in [5.41, 5.74) is 3.47. The van der Waals surface area contributed by atoms with Crippen molar-refractivity contribution < 1.29 is 9.63 Å². The van der Waals surface area contributed by atoms with Gasteiger partial charge in [-0.3, -0.25) is 4.90 Å². The highest BCUT2D eigenvalue weighted by Crippen LogP contribution is 2.27. The van der Waals surface area contributed by atoms with E-state index in [-0.39, 0.29) is 5.92 Å². The molecule has 5 nitrogen and oxygen atoms in total. The zero-order valence-corrected chi connectivity index (χ0v) is 14.1. The van der Waals surface area contributed by atoms with Crippen LogP contribution >= 0.6 is 0 Å². The number of piperidine rings is 1. The molecule has 0 aliphatic carbocycles. The summed E-state index contributed by atoms with van der Waals surface area (Å²) in [6, 6.07) is 6.19. The first-order valence-corrected chi connectivity index (χ1v) is 8.30. The van der Waals surface area contributed by atoms with Gasteiger partial charge >= 0.3 is 0 Å². The SMILES string of the molecule is Cc1noc([C@H]2CCCN(C[C@@H](O)c3ccc(C)c(C)c3)C2)n1. The molecule has 3 rings (SSSR count). The second kappa shape index (κ2) is 6.81. The van der Waals surface area contributed by atoms with Crippen molar-refractivity contribution in [3.63, 3.8) is 0 Å². The summed E-state index contributed by atoms with van der Waals surface area (Å²) < 4.78 is 5.32. The van der Waals surface area contributed by atoms with Gasteiger partial charge in [0.1, 0.15) is 0 Å². The molecule has 0 spiro atoms. The van der Waals surface area contributed by atoms with E-state index in [1.165, 1.54) is 11.1 Å². The van der Waals surface area contributed by atoms with Crippen LogP contribution in [0.15, 0.2) is 22.7 Å². The lowest BCUT2D eigenvalue weighted by Crippen LogP contribution is -2.37. The molecule has 0 amide bonds. The predicted octanol–water partition coefficient (Wildman–Crippen LogP) is 2.91. The molecule has 124 valence electrons. The summed E-state index contributed by atoms with van der Waals surface area (Å²) in [6.07, 6.45) is 1.70. The molecule has 0 radical (unpaired) electrons. The average Bonchev–Trinajstić information content (AvgIpc) is 2.97. The number of aliphatic hydroxyl groups excluding tert-OH is 1. The average molecular weight is 315 g/mol. The van der Waals surface area contributed by atoms with Crippen molar-refractivity contribution in [1.29, 1.82) is 0 Å². The third kappa shape index (κ3) is 3.79. The summed E-state index contributed by atoms with van der Waals surface area (Å²) in [6.45, 7) is 8.53. The van der Waals surface area contributed by atoms with Gasteiger partial charge in [-0.05, 0) is 56.8 Å². The van der Waals surface area contributed by atoms with Gasteiger partial charge in [0.25, 0.3) is 0 Å². The highest BCUT2D eigenvalue weighted by Gasteiger charge is 2.27. The molecule has 0 unspecified atom stereocenters. The van der Waals surface area contributed by atoms with Gasteiger partial charge in [-0.15, -0.1) is 0 Å². The lowest BCUT2D eigenvalue weighted by Gasteiger charge is -2.32. The van der Waals surface area contributed by atoms with Crippen LogP contribution in [0, 0.1) is 20.8 Å². The fraction of sp³-hybridized carbons (Fsp3) is 0.556. The summed E-state index contributed by atoms with van der Waals surface area (Å²) in [7, 11) is 0. The van der Waals surface area contributed by atoms with E-state index in [0.717, 1.165) is 37.4 Å². The smallest absolute Gasteiger partial charge is 0.231 e. The Bertz CT molecular complexity index is 668. The van der Waals surface area contributed by atoms with Crippen LogP contribution in [0.1, 0.15) is 53.3 Å². The maximum atomic E-state index is 10.6.